The summed E-state index contributed by atoms with van der Waals surface area (Å²) in [6.45, 7) is 11.7. The van der Waals surface area contributed by atoms with Crippen molar-refractivity contribution in [2.75, 3.05) is 32.8 Å². The number of rotatable bonds is 4. The van der Waals surface area contributed by atoms with Gasteiger partial charge < -0.3 is 14.4 Å². The van der Waals surface area contributed by atoms with Crippen LogP contribution in [0, 0.1) is 6.92 Å². The third kappa shape index (κ3) is 5.17. The molecule has 0 bridgehead atoms. The van der Waals surface area contributed by atoms with Gasteiger partial charge in [0.05, 0.1) is 6.61 Å². The standard InChI is InChI=1S/C19H29N3O4/c1-6-25-17(23)16(15-8-7-9-20-14(15)2)21-10-12-22(13-11-21)18(24)26-19(3,4)5/h7-9,16H,6,10-13H2,1-5H3. The Hall–Kier alpha value is -2.15. The average molecular weight is 363 g/mol. The van der Waals surface area contributed by atoms with Crippen molar-refractivity contribution in [3.63, 3.8) is 0 Å². The second-order valence-electron chi connectivity index (χ2n) is 7.34. The summed E-state index contributed by atoms with van der Waals surface area (Å²) >= 11 is 0. The van der Waals surface area contributed by atoms with Crippen LogP contribution >= 0.6 is 0 Å². The van der Waals surface area contributed by atoms with Crippen molar-refractivity contribution in [3.05, 3.63) is 29.6 Å². The van der Waals surface area contributed by atoms with Crippen LogP contribution in [0.4, 0.5) is 4.79 Å². The topological polar surface area (TPSA) is 72.0 Å². The van der Waals surface area contributed by atoms with Crippen LogP contribution < -0.4 is 0 Å². The molecule has 2 heterocycles. The minimum Gasteiger partial charge on any atom is -0.465 e. The third-order valence-electron chi connectivity index (χ3n) is 4.18. The van der Waals surface area contributed by atoms with Crippen LogP contribution in [-0.4, -0.2) is 65.2 Å². The molecule has 1 atom stereocenters. The molecule has 26 heavy (non-hydrogen) atoms. The molecular formula is C19H29N3O4. The minimum atomic E-state index is -0.519. The van der Waals surface area contributed by atoms with Gasteiger partial charge in [0.1, 0.15) is 11.6 Å². The van der Waals surface area contributed by atoms with Crippen molar-refractivity contribution in [1.82, 2.24) is 14.8 Å². The summed E-state index contributed by atoms with van der Waals surface area (Å²) in [6.07, 6.45) is 1.39. The number of pyridine rings is 1. The molecule has 144 valence electrons. The molecule has 1 unspecified atom stereocenters. The Morgan fingerprint density at radius 2 is 1.88 bits per heavy atom. The Morgan fingerprint density at radius 3 is 2.42 bits per heavy atom. The zero-order valence-electron chi connectivity index (χ0n) is 16.3. The van der Waals surface area contributed by atoms with Gasteiger partial charge in [-0.05, 0) is 40.7 Å². The van der Waals surface area contributed by atoms with Crippen LogP contribution in [0.3, 0.4) is 0 Å². The first-order valence-corrected chi connectivity index (χ1v) is 9.03. The molecule has 0 aromatic carbocycles. The van der Waals surface area contributed by atoms with Crippen molar-refractivity contribution in [2.24, 2.45) is 0 Å². The first kappa shape index (κ1) is 20.2. The van der Waals surface area contributed by atoms with Gasteiger partial charge in [-0.25, -0.2) is 9.59 Å². The molecule has 0 N–H and O–H groups in total. The Morgan fingerprint density at radius 1 is 1.23 bits per heavy atom. The van der Waals surface area contributed by atoms with E-state index in [0.29, 0.717) is 32.8 Å². The number of piperazine rings is 1. The number of esters is 1. The summed E-state index contributed by atoms with van der Waals surface area (Å²) in [4.78, 5) is 32.9. The first-order chi connectivity index (χ1) is 12.2. The summed E-state index contributed by atoms with van der Waals surface area (Å²) in [5.74, 6) is -0.283. The first-order valence-electron chi connectivity index (χ1n) is 9.03. The summed E-state index contributed by atoms with van der Waals surface area (Å²) in [6, 6.07) is 3.22. The van der Waals surface area contributed by atoms with Gasteiger partial charge >= 0.3 is 12.1 Å². The molecule has 1 saturated heterocycles. The monoisotopic (exact) mass is 363 g/mol. The minimum absolute atomic E-state index is 0.283. The number of hydrogen-bond acceptors (Lipinski definition) is 6. The number of carbonyl (C=O) groups is 2. The lowest BCUT2D eigenvalue weighted by atomic mass is 10.0. The zero-order chi connectivity index (χ0) is 19.3. The van der Waals surface area contributed by atoms with Crippen LogP contribution in [0.1, 0.15) is 45.0 Å². The summed E-state index contributed by atoms with van der Waals surface area (Å²) in [5.41, 5.74) is 1.13. The van der Waals surface area contributed by atoms with Gasteiger partial charge in [-0.1, -0.05) is 6.07 Å². The Balaban J connectivity index is 2.11. The molecule has 7 heteroatoms. The smallest absolute Gasteiger partial charge is 0.410 e. The van der Waals surface area contributed by atoms with Gasteiger partial charge in [0.15, 0.2) is 0 Å². The molecule has 1 fully saturated rings. The third-order valence-corrected chi connectivity index (χ3v) is 4.18. The Bertz CT molecular complexity index is 634. The highest BCUT2D eigenvalue weighted by Crippen LogP contribution is 2.26. The number of amides is 1. The lowest BCUT2D eigenvalue weighted by Gasteiger charge is -2.38. The van der Waals surface area contributed by atoms with Crippen molar-refractivity contribution < 1.29 is 19.1 Å². The number of nitrogens with zero attached hydrogens (tertiary/aromatic N) is 3. The highest BCUT2D eigenvalue weighted by atomic mass is 16.6. The fourth-order valence-electron chi connectivity index (χ4n) is 2.97. The lowest BCUT2D eigenvalue weighted by molar-refractivity contribution is -0.150. The molecule has 1 aliphatic rings. The highest BCUT2D eigenvalue weighted by Gasteiger charge is 2.34. The van der Waals surface area contributed by atoms with Crippen LogP contribution in [0.5, 0.6) is 0 Å². The zero-order valence-corrected chi connectivity index (χ0v) is 16.3. The van der Waals surface area contributed by atoms with Gasteiger partial charge in [0.2, 0.25) is 0 Å². The van der Waals surface area contributed by atoms with Crippen molar-refractivity contribution in [3.8, 4) is 0 Å². The van der Waals surface area contributed by atoms with Crippen LogP contribution in [0.15, 0.2) is 18.3 Å². The van der Waals surface area contributed by atoms with Crippen LogP contribution in [0.2, 0.25) is 0 Å². The van der Waals surface area contributed by atoms with E-state index in [1.807, 2.05) is 44.7 Å². The molecule has 0 spiro atoms. The van der Waals surface area contributed by atoms with E-state index in [4.69, 9.17) is 9.47 Å². The second kappa shape index (κ2) is 8.49. The maximum atomic E-state index is 12.6. The van der Waals surface area contributed by atoms with E-state index < -0.39 is 11.6 Å². The normalized spacial score (nSPS) is 16.9. The summed E-state index contributed by atoms with van der Waals surface area (Å²) in [5, 5.41) is 0. The quantitative estimate of drug-likeness (QED) is 0.766. The Labute approximate surface area is 155 Å². The SMILES string of the molecule is CCOC(=O)C(c1cccnc1C)N1CCN(C(=O)OC(C)(C)C)CC1. The van der Waals surface area contributed by atoms with E-state index in [-0.39, 0.29) is 12.1 Å². The summed E-state index contributed by atoms with van der Waals surface area (Å²) in [7, 11) is 0. The molecule has 1 amide bonds. The second-order valence-corrected chi connectivity index (χ2v) is 7.34. The van der Waals surface area contributed by atoms with Crippen LogP contribution in [-0.2, 0) is 14.3 Å². The van der Waals surface area contributed by atoms with E-state index in [1.54, 1.807) is 18.0 Å². The van der Waals surface area contributed by atoms with Crippen molar-refractivity contribution in [1.29, 1.82) is 0 Å². The predicted octanol–water partition coefficient (Wildman–Crippen LogP) is 2.55. The van der Waals surface area contributed by atoms with Crippen molar-refractivity contribution in [2.45, 2.75) is 46.3 Å². The van der Waals surface area contributed by atoms with Gasteiger partial charge in [-0.3, -0.25) is 9.88 Å². The van der Waals surface area contributed by atoms with Gasteiger partial charge in [0.25, 0.3) is 0 Å². The van der Waals surface area contributed by atoms with E-state index in [2.05, 4.69) is 4.98 Å². The van der Waals surface area contributed by atoms with E-state index in [9.17, 15) is 9.59 Å². The molecular weight excluding hydrogens is 334 g/mol. The van der Waals surface area contributed by atoms with E-state index in [0.717, 1.165) is 11.3 Å². The molecule has 2 rings (SSSR count). The van der Waals surface area contributed by atoms with Crippen LogP contribution in [0.25, 0.3) is 0 Å². The highest BCUT2D eigenvalue weighted by molar-refractivity contribution is 5.78. The fraction of sp³-hybridized carbons (Fsp3) is 0.632. The number of carbonyl (C=O) groups excluding carboxylic acids is 2. The Kier molecular flexibility index (Phi) is 6.58. The van der Waals surface area contributed by atoms with Gasteiger partial charge in [-0.15, -0.1) is 0 Å². The number of hydrogen-bond donors (Lipinski definition) is 0. The maximum absolute atomic E-state index is 12.6. The molecule has 0 aliphatic carbocycles. The largest absolute Gasteiger partial charge is 0.465 e. The van der Waals surface area contributed by atoms with Gasteiger partial charge in [-0.2, -0.15) is 0 Å². The van der Waals surface area contributed by atoms with E-state index >= 15 is 0 Å². The fourth-order valence-corrected chi connectivity index (χ4v) is 2.97. The molecule has 7 nitrogen and oxygen atoms in total. The molecule has 0 saturated carbocycles. The van der Waals surface area contributed by atoms with Crippen molar-refractivity contribution >= 4 is 12.1 Å². The maximum Gasteiger partial charge on any atom is 0.410 e. The summed E-state index contributed by atoms with van der Waals surface area (Å²) < 4.78 is 10.7. The predicted molar refractivity (Wildman–Crippen MR) is 97.7 cm³/mol. The lowest BCUT2D eigenvalue weighted by Crippen LogP contribution is -2.52. The average Bonchev–Trinajstić information content (AvgIpc) is 2.56. The number of aryl methyl sites for hydroxylation is 1. The van der Waals surface area contributed by atoms with Gasteiger partial charge in [0, 0.05) is 43.6 Å². The van der Waals surface area contributed by atoms with E-state index in [1.165, 1.54) is 0 Å². The number of aromatic nitrogens is 1. The molecule has 1 aromatic heterocycles. The number of ether oxygens (including phenoxy) is 2. The molecule has 0 radical (unpaired) electrons. The molecule has 1 aliphatic heterocycles. The molecule has 1 aromatic rings.